The minimum Gasteiger partial charge on any atom is -0.309 e. The number of hydrogen-bond acceptors (Lipinski definition) is 1. The van der Waals surface area contributed by atoms with Gasteiger partial charge in [0.1, 0.15) is 0 Å². The van der Waals surface area contributed by atoms with Crippen LogP contribution in [0.1, 0.15) is 22.3 Å². The maximum atomic E-state index is 2.47. The Hall–Kier alpha value is -6.18. The van der Waals surface area contributed by atoms with Crippen LogP contribution in [0.3, 0.4) is 0 Å². The largest absolute Gasteiger partial charge is 0.309 e. The van der Waals surface area contributed by atoms with Gasteiger partial charge in [-0.15, -0.1) is 0 Å². The lowest BCUT2D eigenvalue weighted by Gasteiger charge is -2.34. The highest BCUT2D eigenvalue weighted by atomic mass is 15.1. The van der Waals surface area contributed by atoms with E-state index in [0.717, 1.165) is 17.1 Å². The van der Waals surface area contributed by atoms with Crippen molar-refractivity contribution in [1.29, 1.82) is 0 Å². The second kappa shape index (κ2) is 11.6. The second-order valence-corrected chi connectivity index (χ2v) is 12.4. The molecule has 226 valence electrons. The number of hydrogen-bond donors (Lipinski definition) is 0. The smallest absolute Gasteiger partial charge is 0.0714 e. The van der Waals surface area contributed by atoms with Crippen LogP contribution in [0.2, 0.25) is 0 Å². The van der Waals surface area contributed by atoms with E-state index in [0.29, 0.717) is 0 Å². The number of benzene rings is 8. The Balaban J connectivity index is 1.37. The summed E-state index contributed by atoms with van der Waals surface area (Å²) < 4.78 is 0. The van der Waals surface area contributed by atoms with Crippen LogP contribution in [0.25, 0.3) is 33.0 Å². The zero-order valence-electron chi connectivity index (χ0n) is 26.5. The molecule has 0 amide bonds. The van der Waals surface area contributed by atoms with Crippen LogP contribution in [0.15, 0.2) is 200 Å². The molecule has 48 heavy (non-hydrogen) atoms. The zero-order valence-corrected chi connectivity index (χ0v) is 26.5. The average molecular weight is 612 g/mol. The van der Waals surface area contributed by atoms with Gasteiger partial charge in [-0.05, 0) is 68.6 Å². The fraction of sp³-hybridized carbons (Fsp3) is 0.0213. The van der Waals surface area contributed by atoms with Gasteiger partial charge in [0.15, 0.2) is 0 Å². The molecule has 0 saturated heterocycles. The Bertz CT molecular complexity index is 2340. The van der Waals surface area contributed by atoms with Crippen LogP contribution in [0, 0.1) is 0 Å². The van der Waals surface area contributed by atoms with Crippen molar-refractivity contribution in [2.75, 3.05) is 4.90 Å². The lowest BCUT2D eigenvalue weighted by molar-refractivity contribution is 0.768. The quantitative estimate of drug-likeness (QED) is 0.181. The van der Waals surface area contributed by atoms with Crippen LogP contribution < -0.4 is 4.90 Å². The second-order valence-electron chi connectivity index (χ2n) is 12.4. The molecule has 0 N–H and O–H groups in total. The molecule has 1 aliphatic carbocycles. The Morgan fingerprint density at radius 2 is 0.875 bits per heavy atom. The van der Waals surface area contributed by atoms with E-state index < -0.39 is 5.41 Å². The van der Waals surface area contributed by atoms with Gasteiger partial charge in [-0.1, -0.05) is 176 Å². The third kappa shape index (κ3) is 4.25. The van der Waals surface area contributed by atoms with Crippen molar-refractivity contribution in [3.05, 3.63) is 222 Å². The molecule has 1 nitrogen and oxygen atoms in total. The molecule has 1 aliphatic rings. The molecular weight excluding hydrogens is 579 g/mol. The SMILES string of the molecule is c1ccc(-c2ccc(N(c3ccccc3)c3cccc4c3-c3ccccc3C4(c3ccccc3)c3ccccc3)c3ccccc23)cc1. The van der Waals surface area contributed by atoms with Crippen molar-refractivity contribution in [2.24, 2.45) is 0 Å². The summed E-state index contributed by atoms with van der Waals surface area (Å²) in [4.78, 5) is 2.47. The van der Waals surface area contributed by atoms with Gasteiger partial charge < -0.3 is 4.90 Å². The van der Waals surface area contributed by atoms with E-state index in [1.807, 2.05) is 0 Å². The molecule has 0 bridgehead atoms. The first kappa shape index (κ1) is 28.1. The monoisotopic (exact) mass is 611 g/mol. The summed E-state index contributed by atoms with van der Waals surface area (Å²) in [6, 6.07) is 72.9. The third-order valence-electron chi connectivity index (χ3n) is 9.94. The minimum absolute atomic E-state index is 0.466. The molecule has 0 aliphatic heterocycles. The molecule has 0 unspecified atom stereocenters. The summed E-state index contributed by atoms with van der Waals surface area (Å²) in [5.41, 5.74) is 13.1. The van der Waals surface area contributed by atoms with Crippen molar-refractivity contribution >= 4 is 27.8 Å². The van der Waals surface area contributed by atoms with Crippen LogP contribution in [0.4, 0.5) is 17.1 Å². The van der Waals surface area contributed by atoms with Crippen molar-refractivity contribution in [1.82, 2.24) is 0 Å². The van der Waals surface area contributed by atoms with Gasteiger partial charge in [0.05, 0.1) is 16.8 Å². The predicted octanol–water partition coefficient (Wildman–Crippen LogP) is 12.3. The molecule has 0 spiro atoms. The summed E-state index contributed by atoms with van der Waals surface area (Å²) in [7, 11) is 0. The van der Waals surface area contributed by atoms with Gasteiger partial charge >= 0.3 is 0 Å². The van der Waals surface area contributed by atoms with Crippen molar-refractivity contribution in [3.8, 4) is 22.3 Å². The van der Waals surface area contributed by atoms with E-state index in [1.54, 1.807) is 0 Å². The van der Waals surface area contributed by atoms with Crippen molar-refractivity contribution in [2.45, 2.75) is 5.41 Å². The van der Waals surface area contributed by atoms with E-state index in [2.05, 4.69) is 205 Å². The number of fused-ring (bicyclic) bond motifs is 4. The molecule has 9 rings (SSSR count). The minimum atomic E-state index is -0.466. The third-order valence-corrected chi connectivity index (χ3v) is 9.94. The number of rotatable bonds is 6. The lowest BCUT2D eigenvalue weighted by atomic mass is 9.68. The van der Waals surface area contributed by atoms with Gasteiger partial charge in [0.25, 0.3) is 0 Å². The van der Waals surface area contributed by atoms with E-state index >= 15 is 0 Å². The fourth-order valence-corrected chi connectivity index (χ4v) is 7.99. The van der Waals surface area contributed by atoms with E-state index in [9.17, 15) is 0 Å². The van der Waals surface area contributed by atoms with Gasteiger partial charge in [-0.2, -0.15) is 0 Å². The lowest BCUT2D eigenvalue weighted by Crippen LogP contribution is -2.28. The highest BCUT2D eigenvalue weighted by Gasteiger charge is 2.47. The molecule has 0 atom stereocenters. The maximum absolute atomic E-state index is 2.47. The summed E-state index contributed by atoms with van der Waals surface area (Å²) >= 11 is 0. The molecule has 0 radical (unpaired) electrons. The van der Waals surface area contributed by atoms with Crippen LogP contribution in [-0.2, 0) is 5.41 Å². The highest BCUT2D eigenvalue weighted by molar-refractivity contribution is 6.08. The fourth-order valence-electron chi connectivity index (χ4n) is 7.99. The molecule has 0 saturated carbocycles. The Labute approximate surface area is 282 Å². The first-order valence-corrected chi connectivity index (χ1v) is 16.6. The molecular formula is C47H33N. The van der Waals surface area contributed by atoms with Gasteiger partial charge in [0, 0.05) is 16.6 Å². The number of nitrogens with zero attached hydrogens (tertiary/aromatic N) is 1. The van der Waals surface area contributed by atoms with E-state index in [4.69, 9.17) is 0 Å². The summed E-state index contributed by atoms with van der Waals surface area (Å²) in [5, 5.41) is 2.45. The molecule has 8 aromatic carbocycles. The van der Waals surface area contributed by atoms with Crippen LogP contribution in [-0.4, -0.2) is 0 Å². The maximum Gasteiger partial charge on any atom is 0.0714 e. The Kier molecular flexibility index (Phi) is 6.76. The molecule has 1 heteroatoms. The topological polar surface area (TPSA) is 3.24 Å². The highest BCUT2D eigenvalue weighted by Crippen LogP contribution is 2.59. The van der Waals surface area contributed by atoms with E-state index in [-0.39, 0.29) is 0 Å². The van der Waals surface area contributed by atoms with Crippen molar-refractivity contribution in [3.63, 3.8) is 0 Å². The first-order valence-electron chi connectivity index (χ1n) is 16.6. The normalized spacial score (nSPS) is 12.8. The Morgan fingerprint density at radius 3 is 1.56 bits per heavy atom. The number of anilines is 3. The molecule has 0 heterocycles. The molecule has 8 aromatic rings. The molecule has 0 fully saturated rings. The summed E-state index contributed by atoms with van der Waals surface area (Å²) in [6.07, 6.45) is 0. The Morgan fingerprint density at radius 1 is 0.333 bits per heavy atom. The van der Waals surface area contributed by atoms with Crippen LogP contribution in [0.5, 0.6) is 0 Å². The zero-order chi connectivity index (χ0) is 31.9. The first-order chi connectivity index (χ1) is 23.9. The molecule has 0 aromatic heterocycles. The summed E-state index contributed by atoms with van der Waals surface area (Å²) in [5.74, 6) is 0. The van der Waals surface area contributed by atoms with Gasteiger partial charge in [-0.3, -0.25) is 0 Å². The van der Waals surface area contributed by atoms with Crippen LogP contribution >= 0.6 is 0 Å². The number of para-hydroxylation sites is 1. The summed E-state index contributed by atoms with van der Waals surface area (Å²) in [6.45, 7) is 0. The van der Waals surface area contributed by atoms with E-state index in [1.165, 1.54) is 55.3 Å². The van der Waals surface area contributed by atoms with Gasteiger partial charge in [-0.25, -0.2) is 0 Å². The average Bonchev–Trinajstić information content (AvgIpc) is 3.48. The predicted molar refractivity (Wildman–Crippen MR) is 201 cm³/mol. The standard InChI is InChI=1S/C47H33N/c1-5-18-34(19-6-1)38-32-33-44(40-27-14-13-26-39(38)40)48(37-24-11-4-12-25-37)45-31-17-30-43-46(45)41-28-15-16-29-42(41)47(43,35-20-7-2-8-21-35)36-22-9-3-10-23-36/h1-33H. The van der Waals surface area contributed by atoms with Gasteiger partial charge in [0.2, 0.25) is 0 Å². The van der Waals surface area contributed by atoms with Crippen molar-refractivity contribution < 1.29 is 0 Å².